The van der Waals surface area contributed by atoms with Crippen LogP contribution < -0.4 is 19.9 Å². The van der Waals surface area contributed by atoms with Crippen molar-refractivity contribution in [2.45, 2.75) is 104 Å². The van der Waals surface area contributed by atoms with Gasteiger partial charge in [0.15, 0.2) is 18.5 Å². The fourth-order valence-electron chi connectivity index (χ4n) is 4.91. The van der Waals surface area contributed by atoms with Crippen LogP contribution in [0.3, 0.4) is 0 Å². The number of nitrogens with one attached hydrogen (secondary N) is 2. The summed E-state index contributed by atoms with van der Waals surface area (Å²) >= 11 is 1.71. The van der Waals surface area contributed by atoms with Gasteiger partial charge in [0.25, 0.3) is 0 Å². The summed E-state index contributed by atoms with van der Waals surface area (Å²) in [5, 5.41) is 5.73. The second-order valence-corrected chi connectivity index (χ2v) is 12.0. The molecule has 0 unspecified atom stereocenters. The highest BCUT2D eigenvalue weighted by Gasteiger charge is 2.12. The predicted octanol–water partition coefficient (Wildman–Crippen LogP) is 9.32. The van der Waals surface area contributed by atoms with Crippen molar-refractivity contribution in [1.29, 1.82) is 0 Å². The molecule has 0 fully saturated rings. The SMILES string of the molecule is CCCCCCCCCCCCCCOc1ccc(NC(=O)Nc2cccc(C[n+]3csc(C)c3)c2)cc1C(C)=O. The molecule has 1 heterocycles. The number of hydrogen-bond donors (Lipinski definition) is 2. The Morgan fingerprint density at radius 1 is 0.829 bits per heavy atom. The van der Waals surface area contributed by atoms with Gasteiger partial charge < -0.3 is 15.4 Å². The first kappa shape index (κ1) is 32.3. The van der Waals surface area contributed by atoms with Crippen LogP contribution in [0.25, 0.3) is 0 Å². The van der Waals surface area contributed by atoms with Gasteiger partial charge in [0.1, 0.15) is 5.75 Å². The summed E-state index contributed by atoms with van der Waals surface area (Å²) in [6.07, 6.45) is 17.6. The summed E-state index contributed by atoms with van der Waals surface area (Å²) in [5.41, 5.74) is 4.92. The largest absolute Gasteiger partial charge is 0.493 e. The summed E-state index contributed by atoms with van der Waals surface area (Å²) in [7, 11) is 0. The van der Waals surface area contributed by atoms with E-state index in [1.807, 2.05) is 24.3 Å². The van der Waals surface area contributed by atoms with Crippen LogP contribution in [-0.4, -0.2) is 18.4 Å². The molecule has 7 heteroatoms. The number of hydrogen-bond acceptors (Lipinski definition) is 4. The minimum atomic E-state index is -0.360. The Labute approximate surface area is 250 Å². The number of carbonyl (C=O) groups is 2. The van der Waals surface area contributed by atoms with Crippen LogP contribution in [0, 0.1) is 6.92 Å². The molecule has 41 heavy (non-hydrogen) atoms. The number of carbonyl (C=O) groups excluding carboxylic acids is 2. The lowest BCUT2D eigenvalue weighted by Crippen LogP contribution is -2.30. The number of Topliss-reactive ketones (excluding diaryl/α,β-unsaturated/α-hetero) is 1. The monoisotopic (exact) mass is 578 g/mol. The molecular weight excluding hydrogens is 530 g/mol. The molecule has 1 aromatic heterocycles. The molecule has 0 bridgehead atoms. The molecule has 3 aromatic rings. The Balaban J connectivity index is 1.38. The quantitative estimate of drug-likeness (QED) is 0.0846. The number of ether oxygens (including phenoxy) is 1. The van der Waals surface area contributed by atoms with Crippen molar-refractivity contribution in [1.82, 2.24) is 0 Å². The molecule has 0 aliphatic heterocycles. The number of thiazole rings is 1. The van der Waals surface area contributed by atoms with E-state index in [-0.39, 0.29) is 11.8 Å². The summed E-state index contributed by atoms with van der Waals surface area (Å²) < 4.78 is 8.09. The van der Waals surface area contributed by atoms with E-state index in [9.17, 15) is 9.59 Å². The second kappa shape index (κ2) is 18.3. The van der Waals surface area contributed by atoms with Crippen LogP contribution in [0.1, 0.15) is 112 Å². The number of aryl methyl sites for hydroxylation is 1. The number of unbranched alkanes of at least 4 members (excludes halogenated alkanes) is 11. The Morgan fingerprint density at radius 3 is 2.07 bits per heavy atom. The van der Waals surface area contributed by atoms with Gasteiger partial charge in [-0.25, -0.2) is 4.79 Å². The lowest BCUT2D eigenvalue weighted by molar-refractivity contribution is -0.683. The molecule has 0 aliphatic carbocycles. The molecule has 0 saturated heterocycles. The topological polar surface area (TPSA) is 71.3 Å². The van der Waals surface area contributed by atoms with Crippen LogP contribution >= 0.6 is 11.3 Å². The fourth-order valence-corrected chi connectivity index (χ4v) is 5.55. The Morgan fingerprint density at radius 2 is 1.46 bits per heavy atom. The molecule has 0 saturated carbocycles. The Kier molecular flexibility index (Phi) is 14.4. The van der Waals surface area contributed by atoms with E-state index >= 15 is 0 Å². The van der Waals surface area contributed by atoms with E-state index in [0.29, 0.717) is 29.3 Å². The summed E-state index contributed by atoms with van der Waals surface area (Å²) in [5.74, 6) is 0.480. The van der Waals surface area contributed by atoms with Gasteiger partial charge in [-0.1, -0.05) is 101 Å². The van der Waals surface area contributed by atoms with Gasteiger partial charge in [0.05, 0.1) is 17.0 Å². The maximum Gasteiger partial charge on any atom is 0.323 e. The van der Waals surface area contributed by atoms with Gasteiger partial charge >= 0.3 is 6.03 Å². The number of amides is 2. The number of benzene rings is 2. The standard InChI is InChI=1S/C34H47N3O3S/c1-4-5-6-7-8-9-10-11-12-13-14-15-21-40-33-20-19-31(23-32(33)28(3)38)36-34(39)35-30-18-16-17-29(22-30)25-37-24-27(2)41-26-37/h16-20,22-24,26H,4-15,21,25H2,1-3H3,(H-,35,36,39)/p+1. The number of anilines is 2. The smallest absolute Gasteiger partial charge is 0.323 e. The highest BCUT2D eigenvalue weighted by molar-refractivity contribution is 7.09. The van der Waals surface area contributed by atoms with Crippen molar-refractivity contribution in [3.05, 3.63) is 70.2 Å². The van der Waals surface area contributed by atoms with Gasteiger partial charge in [0, 0.05) is 16.9 Å². The zero-order valence-electron chi connectivity index (χ0n) is 25.2. The van der Waals surface area contributed by atoms with Crippen molar-refractivity contribution in [3.8, 4) is 5.75 Å². The van der Waals surface area contributed by atoms with Crippen molar-refractivity contribution in [2.24, 2.45) is 0 Å². The van der Waals surface area contributed by atoms with Gasteiger partial charge in [0.2, 0.25) is 5.51 Å². The normalized spacial score (nSPS) is 10.9. The number of nitrogens with zero attached hydrogens (tertiary/aromatic N) is 1. The molecule has 0 radical (unpaired) electrons. The Hall–Kier alpha value is -3.19. The molecule has 3 rings (SSSR count). The third-order valence-electron chi connectivity index (χ3n) is 7.14. The molecule has 222 valence electrons. The minimum Gasteiger partial charge on any atom is -0.493 e. The summed E-state index contributed by atoms with van der Waals surface area (Å²) in [6, 6.07) is 12.7. The van der Waals surface area contributed by atoms with Crippen molar-refractivity contribution in [3.63, 3.8) is 0 Å². The fraction of sp³-hybridized carbons (Fsp3) is 0.500. The number of rotatable bonds is 19. The molecule has 2 amide bonds. The van der Waals surface area contributed by atoms with Gasteiger partial charge in [-0.05, 0) is 50.6 Å². The van der Waals surface area contributed by atoms with E-state index in [4.69, 9.17) is 4.74 Å². The third-order valence-corrected chi connectivity index (χ3v) is 8.00. The molecular formula is C34H48N3O3S+. The molecule has 2 aromatic carbocycles. The lowest BCUT2D eigenvalue weighted by Gasteiger charge is -2.13. The first-order valence-electron chi connectivity index (χ1n) is 15.3. The van der Waals surface area contributed by atoms with Crippen molar-refractivity contribution >= 4 is 34.5 Å². The third kappa shape index (κ3) is 12.5. The maximum absolute atomic E-state index is 12.7. The lowest BCUT2D eigenvalue weighted by atomic mass is 10.1. The summed E-state index contributed by atoms with van der Waals surface area (Å²) in [6.45, 7) is 7.20. The number of ketones is 1. The van der Waals surface area contributed by atoms with E-state index in [1.54, 1.807) is 29.5 Å². The molecule has 6 nitrogen and oxygen atoms in total. The van der Waals surface area contributed by atoms with Crippen LogP contribution in [0.15, 0.2) is 54.2 Å². The van der Waals surface area contributed by atoms with E-state index < -0.39 is 0 Å². The zero-order chi connectivity index (χ0) is 29.3. The van der Waals surface area contributed by atoms with Gasteiger partial charge in [-0.15, -0.1) is 0 Å². The highest BCUT2D eigenvalue weighted by Crippen LogP contribution is 2.24. The Bertz CT molecular complexity index is 1220. The molecule has 0 aliphatic rings. The number of urea groups is 1. The van der Waals surface area contributed by atoms with Crippen LogP contribution in [0.2, 0.25) is 0 Å². The average Bonchev–Trinajstić information content (AvgIpc) is 3.36. The zero-order valence-corrected chi connectivity index (χ0v) is 26.0. The van der Waals surface area contributed by atoms with Crippen LogP contribution in [0.4, 0.5) is 16.2 Å². The first-order valence-corrected chi connectivity index (χ1v) is 16.2. The van der Waals surface area contributed by atoms with Crippen molar-refractivity contribution < 1.29 is 18.9 Å². The van der Waals surface area contributed by atoms with Crippen LogP contribution in [0.5, 0.6) is 5.75 Å². The first-order chi connectivity index (χ1) is 19.9. The van der Waals surface area contributed by atoms with Gasteiger partial charge in [-0.2, -0.15) is 4.57 Å². The van der Waals surface area contributed by atoms with Crippen LogP contribution in [-0.2, 0) is 6.54 Å². The van der Waals surface area contributed by atoms with E-state index in [1.165, 1.54) is 76.0 Å². The van der Waals surface area contributed by atoms with E-state index in [0.717, 1.165) is 24.9 Å². The molecule has 2 N–H and O–H groups in total. The second-order valence-electron chi connectivity index (χ2n) is 10.9. The van der Waals surface area contributed by atoms with Gasteiger partial charge in [-0.3, -0.25) is 4.79 Å². The average molecular weight is 579 g/mol. The molecule has 0 spiro atoms. The summed E-state index contributed by atoms with van der Waals surface area (Å²) in [4.78, 5) is 26.3. The van der Waals surface area contributed by atoms with Crippen molar-refractivity contribution in [2.75, 3.05) is 17.2 Å². The highest BCUT2D eigenvalue weighted by atomic mass is 32.1. The van der Waals surface area contributed by atoms with E-state index in [2.05, 4.69) is 40.8 Å². The maximum atomic E-state index is 12.7. The molecule has 0 atom stereocenters. The number of aromatic nitrogens is 1. The predicted molar refractivity (Wildman–Crippen MR) is 170 cm³/mol. The minimum absolute atomic E-state index is 0.0902.